The molecule has 2 aliphatic rings. The third-order valence-corrected chi connectivity index (χ3v) is 5.74. The maximum absolute atomic E-state index is 13.0. The zero-order chi connectivity index (χ0) is 18.0. The number of likely N-dealkylation sites (tertiary alicyclic amines) is 2. The molecule has 0 radical (unpaired) electrons. The van der Waals surface area contributed by atoms with Gasteiger partial charge in [0.25, 0.3) is 0 Å². The minimum atomic E-state index is -0.382. The Labute approximate surface area is 154 Å². The summed E-state index contributed by atoms with van der Waals surface area (Å²) in [6, 6.07) is 7.43. The van der Waals surface area contributed by atoms with E-state index in [2.05, 4.69) is 17.3 Å². The van der Waals surface area contributed by atoms with E-state index in [1.807, 2.05) is 31.2 Å². The molecule has 2 heterocycles. The monoisotopic (exact) mass is 363 g/mol. The third-order valence-electron chi connectivity index (χ3n) is 5.40. The van der Waals surface area contributed by atoms with Crippen molar-refractivity contribution >= 4 is 23.4 Å². The van der Waals surface area contributed by atoms with Crippen LogP contribution in [0.5, 0.6) is 0 Å². The predicted molar refractivity (Wildman–Crippen MR) is 98.3 cm³/mol. The molecule has 2 aliphatic heterocycles. The molecule has 3 rings (SSSR count). The molecule has 6 heteroatoms. The summed E-state index contributed by atoms with van der Waals surface area (Å²) in [5.41, 5.74) is 0.861. The fraction of sp³-hybridized carbons (Fsp3) is 0.579. The molecule has 0 spiro atoms. The van der Waals surface area contributed by atoms with Crippen LogP contribution in [-0.4, -0.2) is 54.3 Å². The second-order valence-electron chi connectivity index (χ2n) is 7.04. The Kier molecular flexibility index (Phi) is 5.64. The van der Waals surface area contributed by atoms with Gasteiger partial charge in [-0.1, -0.05) is 29.8 Å². The highest BCUT2D eigenvalue weighted by Crippen LogP contribution is 2.40. The third kappa shape index (κ3) is 3.82. The molecule has 1 N–H and O–H groups in total. The molecule has 2 saturated heterocycles. The molecule has 5 nitrogen and oxygen atoms in total. The molecule has 25 heavy (non-hydrogen) atoms. The summed E-state index contributed by atoms with van der Waals surface area (Å²) >= 11 is 6.38. The van der Waals surface area contributed by atoms with Gasteiger partial charge in [-0.15, -0.1) is 0 Å². The first-order valence-electron chi connectivity index (χ1n) is 9.04. The van der Waals surface area contributed by atoms with Crippen molar-refractivity contribution in [2.24, 2.45) is 5.92 Å². The first kappa shape index (κ1) is 18.2. The maximum Gasteiger partial charge on any atom is 0.226 e. The number of halogens is 1. The Morgan fingerprint density at radius 1 is 1.28 bits per heavy atom. The van der Waals surface area contributed by atoms with Crippen LogP contribution in [0.3, 0.4) is 0 Å². The van der Waals surface area contributed by atoms with Crippen LogP contribution in [0.2, 0.25) is 5.02 Å². The highest BCUT2D eigenvalue weighted by Gasteiger charge is 2.44. The van der Waals surface area contributed by atoms with E-state index in [1.54, 1.807) is 4.90 Å². The van der Waals surface area contributed by atoms with Gasteiger partial charge in [-0.2, -0.15) is 0 Å². The lowest BCUT2D eigenvalue weighted by Gasteiger charge is -2.32. The minimum absolute atomic E-state index is 0.0240. The summed E-state index contributed by atoms with van der Waals surface area (Å²) in [5.74, 6) is -0.383. The number of amides is 2. The molecule has 2 atom stereocenters. The molecule has 0 bridgehead atoms. The standard InChI is InChI=1S/C19H26ClN3O2/c1-3-23-17(24)12-15(18(23)14-6-4-5-7-16(14)20)19(25)21-13-8-10-22(2)11-9-13/h4-7,13,15,18H,3,8-12H2,1-2H3,(H,21,25)/t15-,18+/m1/s1. The molecule has 2 amide bonds. The van der Waals surface area contributed by atoms with Gasteiger partial charge in [0.05, 0.1) is 12.0 Å². The highest BCUT2D eigenvalue weighted by molar-refractivity contribution is 6.31. The van der Waals surface area contributed by atoms with Gasteiger partial charge in [0, 0.05) is 24.0 Å². The van der Waals surface area contributed by atoms with E-state index in [-0.39, 0.29) is 36.2 Å². The van der Waals surface area contributed by atoms with Gasteiger partial charge < -0.3 is 15.1 Å². The Bertz CT molecular complexity index is 643. The van der Waals surface area contributed by atoms with Crippen LogP contribution in [0.1, 0.15) is 37.8 Å². The molecule has 1 aromatic carbocycles. The SMILES string of the molecule is CCN1C(=O)C[C@@H](C(=O)NC2CCN(C)CC2)[C@@H]1c1ccccc1Cl. The first-order valence-corrected chi connectivity index (χ1v) is 9.42. The van der Waals surface area contributed by atoms with Crippen LogP contribution < -0.4 is 5.32 Å². The zero-order valence-corrected chi connectivity index (χ0v) is 15.6. The van der Waals surface area contributed by atoms with Crippen molar-refractivity contribution in [1.29, 1.82) is 0 Å². The van der Waals surface area contributed by atoms with E-state index in [9.17, 15) is 9.59 Å². The number of nitrogens with zero attached hydrogens (tertiary/aromatic N) is 2. The Morgan fingerprint density at radius 2 is 1.96 bits per heavy atom. The van der Waals surface area contributed by atoms with Crippen molar-refractivity contribution in [2.45, 2.75) is 38.3 Å². The minimum Gasteiger partial charge on any atom is -0.353 e. The lowest BCUT2D eigenvalue weighted by atomic mass is 9.92. The molecular weight excluding hydrogens is 338 g/mol. The van der Waals surface area contributed by atoms with E-state index < -0.39 is 0 Å². The smallest absolute Gasteiger partial charge is 0.226 e. The summed E-state index contributed by atoms with van der Waals surface area (Å²) in [5, 5.41) is 3.79. The maximum atomic E-state index is 13.0. The normalized spacial score (nSPS) is 25.4. The van der Waals surface area contributed by atoms with Crippen LogP contribution in [0.4, 0.5) is 0 Å². The molecule has 0 aromatic heterocycles. The van der Waals surface area contributed by atoms with E-state index >= 15 is 0 Å². The summed E-state index contributed by atoms with van der Waals surface area (Å²) in [4.78, 5) is 29.4. The van der Waals surface area contributed by atoms with Gasteiger partial charge in [-0.05, 0) is 51.5 Å². The number of nitrogens with one attached hydrogen (secondary N) is 1. The van der Waals surface area contributed by atoms with Crippen molar-refractivity contribution in [1.82, 2.24) is 15.1 Å². The van der Waals surface area contributed by atoms with Crippen LogP contribution in [0.25, 0.3) is 0 Å². The van der Waals surface area contributed by atoms with Crippen LogP contribution in [0.15, 0.2) is 24.3 Å². The van der Waals surface area contributed by atoms with Gasteiger partial charge >= 0.3 is 0 Å². The van der Waals surface area contributed by atoms with Gasteiger partial charge in [-0.25, -0.2) is 0 Å². The summed E-state index contributed by atoms with van der Waals surface area (Å²) in [6.07, 6.45) is 2.16. The van der Waals surface area contributed by atoms with Crippen molar-refractivity contribution in [3.8, 4) is 0 Å². The summed E-state index contributed by atoms with van der Waals surface area (Å²) in [6.45, 7) is 4.50. The Morgan fingerprint density at radius 3 is 2.60 bits per heavy atom. The van der Waals surface area contributed by atoms with Crippen LogP contribution in [0, 0.1) is 5.92 Å². The molecule has 0 aliphatic carbocycles. The Hall–Kier alpha value is -1.59. The summed E-state index contributed by atoms with van der Waals surface area (Å²) < 4.78 is 0. The second kappa shape index (κ2) is 7.75. The van der Waals surface area contributed by atoms with E-state index in [0.717, 1.165) is 31.5 Å². The van der Waals surface area contributed by atoms with Crippen molar-refractivity contribution < 1.29 is 9.59 Å². The fourth-order valence-corrected chi connectivity index (χ4v) is 4.21. The van der Waals surface area contributed by atoms with Gasteiger partial charge in [0.2, 0.25) is 11.8 Å². The van der Waals surface area contributed by atoms with Gasteiger partial charge in [-0.3, -0.25) is 9.59 Å². The second-order valence-corrected chi connectivity index (χ2v) is 7.45. The number of hydrogen-bond acceptors (Lipinski definition) is 3. The average molecular weight is 364 g/mol. The quantitative estimate of drug-likeness (QED) is 0.894. The topological polar surface area (TPSA) is 52.7 Å². The highest BCUT2D eigenvalue weighted by atomic mass is 35.5. The molecule has 136 valence electrons. The largest absolute Gasteiger partial charge is 0.353 e. The van der Waals surface area contributed by atoms with Crippen molar-refractivity contribution in [2.75, 3.05) is 26.7 Å². The Balaban J connectivity index is 1.79. The van der Waals surface area contributed by atoms with E-state index in [0.29, 0.717) is 11.6 Å². The number of carbonyl (C=O) groups excluding carboxylic acids is 2. The molecule has 0 saturated carbocycles. The lowest BCUT2D eigenvalue weighted by molar-refractivity contribution is -0.129. The fourth-order valence-electron chi connectivity index (χ4n) is 3.96. The van der Waals surface area contributed by atoms with Crippen LogP contribution in [-0.2, 0) is 9.59 Å². The lowest BCUT2D eigenvalue weighted by Crippen LogP contribution is -2.46. The van der Waals surface area contributed by atoms with Crippen molar-refractivity contribution in [3.05, 3.63) is 34.9 Å². The average Bonchev–Trinajstić information content (AvgIpc) is 2.93. The van der Waals surface area contributed by atoms with Crippen molar-refractivity contribution in [3.63, 3.8) is 0 Å². The molecular formula is C19H26ClN3O2. The predicted octanol–water partition coefficient (Wildman–Crippen LogP) is 2.46. The molecule has 1 aromatic rings. The molecule has 2 fully saturated rings. The van der Waals surface area contributed by atoms with Gasteiger partial charge in [0.1, 0.15) is 0 Å². The molecule has 0 unspecified atom stereocenters. The number of carbonyl (C=O) groups is 2. The number of hydrogen-bond donors (Lipinski definition) is 1. The summed E-state index contributed by atoms with van der Waals surface area (Å²) in [7, 11) is 2.10. The number of piperidine rings is 1. The first-order chi connectivity index (χ1) is 12.0. The van der Waals surface area contributed by atoms with E-state index in [4.69, 9.17) is 11.6 Å². The van der Waals surface area contributed by atoms with Crippen LogP contribution >= 0.6 is 11.6 Å². The van der Waals surface area contributed by atoms with Gasteiger partial charge in [0.15, 0.2) is 0 Å². The number of rotatable bonds is 4. The zero-order valence-electron chi connectivity index (χ0n) is 14.9. The van der Waals surface area contributed by atoms with E-state index in [1.165, 1.54) is 0 Å². The number of benzene rings is 1.